The first-order chi connectivity index (χ1) is 17.8. The van der Waals surface area contributed by atoms with Crippen molar-refractivity contribution in [2.75, 3.05) is 12.4 Å². The van der Waals surface area contributed by atoms with Crippen LogP contribution >= 0.6 is 0 Å². The van der Waals surface area contributed by atoms with Crippen LogP contribution in [0.15, 0.2) is 52.9 Å². The number of aromatic nitrogens is 2. The Morgan fingerprint density at radius 2 is 1.71 bits per heavy atom. The quantitative estimate of drug-likeness (QED) is 0.285. The average molecular weight is 540 g/mol. The van der Waals surface area contributed by atoms with E-state index in [2.05, 4.69) is 20.0 Å². The number of oxazole rings is 1. The van der Waals surface area contributed by atoms with Gasteiger partial charge >= 0.3 is 12.5 Å². The summed E-state index contributed by atoms with van der Waals surface area (Å²) in [5.41, 5.74) is 4.17. The number of fused-ring (bicyclic) bond motifs is 1. The smallest absolute Gasteiger partial charge is 0.494 e. The fourth-order valence-corrected chi connectivity index (χ4v) is 3.58. The van der Waals surface area contributed by atoms with Crippen molar-refractivity contribution < 1.29 is 45.0 Å². The highest BCUT2D eigenvalue weighted by atomic mass is 19.4. The number of methoxy groups -OCH3 is 1. The highest BCUT2D eigenvalue weighted by molar-refractivity contribution is 6.05. The van der Waals surface area contributed by atoms with E-state index >= 15 is 0 Å². The number of carbonyl (C=O) groups is 1. The van der Waals surface area contributed by atoms with Gasteiger partial charge in [-0.25, -0.2) is 9.97 Å². The van der Waals surface area contributed by atoms with E-state index in [4.69, 9.17) is 14.9 Å². The third kappa shape index (κ3) is 5.49. The fraction of sp³-hybridized carbons (Fsp3) is 0.208. The Kier molecular flexibility index (Phi) is 6.93. The number of nitrogens with two attached hydrogens (primary N) is 1. The molecule has 38 heavy (non-hydrogen) atoms. The molecule has 4 rings (SSSR count). The number of carbonyl (C=O) groups excluding carboxylic acids is 1. The van der Waals surface area contributed by atoms with Crippen LogP contribution in [0.1, 0.15) is 34.9 Å². The van der Waals surface area contributed by atoms with Crippen LogP contribution in [0, 0.1) is 0 Å². The molecule has 0 aliphatic rings. The average Bonchev–Trinajstić information content (AvgIpc) is 3.28. The number of para-hydroxylation sites is 2. The summed E-state index contributed by atoms with van der Waals surface area (Å²) in [5.74, 6) is -1.87. The molecule has 8 nitrogen and oxygen atoms in total. The topological polar surface area (TPSA) is 112 Å². The second-order valence-electron chi connectivity index (χ2n) is 7.92. The summed E-state index contributed by atoms with van der Waals surface area (Å²) in [4.78, 5) is 20.9. The molecular weight excluding hydrogens is 522 g/mol. The summed E-state index contributed by atoms with van der Waals surface area (Å²) in [6, 6.07) is 8.69. The van der Waals surface area contributed by atoms with Crippen molar-refractivity contribution in [1.82, 2.24) is 9.97 Å². The molecule has 0 radical (unpaired) electrons. The van der Waals surface area contributed by atoms with Crippen molar-refractivity contribution in [3.63, 3.8) is 0 Å². The molecule has 0 unspecified atom stereocenters. The minimum atomic E-state index is -5.01. The van der Waals surface area contributed by atoms with Crippen molar-refractivity contribution in [3.05, 3.63) is 65.7 Å². The number of halogens is 6. The molecule has 2 aromatic heterocycles. The minimum absolute atomic E-state index is 0.0491. The molecule has 2 heterocycles. The molecule has 3 N–H and O–H groups in total. The van der Waals surface area contributed by atoms with Crippen molar-refractivity contribution in [2.24, 2.45) is 5.73 Å². The number of hydrogen-bond acceptors (Lipinski definition) is 7. The van der Waals surface area contributed by atoms with Crippen molar-refractivity contribution in [1.29, 1.82) is 0 Å². The van der Waals surface area contributed by atoms with Gasteiger partial charge in [0, 0.05) is 10.9 Å². The number of hydrogen-bond donors (Lipinski definition) is 2. The summed E-state index contributed by atoms with van der Waals surface area (Å²) < 4.78 is 92.8. The summed E-state index contributed by atoms with van der Waals surface area (Å²) >= 11 is 0. The largest absolute Gasteiger partial charge is 0.573 e. The van der Waals surface area contributed by atoms with E-state index in [0.717, 1.165) is 18.2 Å². The molecule has 0 bridgehead atoms. The van der Waals surface area contributed by atoms with Crippen LogP contribution in [-0.2, 0) is 6.18 Å². The normalized spacial score (nSPS) is 12.9. The zero-order chi connectivity index (χ0) is 27.8. The van der Waals surface area contributed by atoms with E-state index in [9.17, 15) is 31.1 Å². The van der Waals surface area contributed by atoms with Crippen molar-refractivity contribution >= 4 is 22.5 Å². The van der Waals surface area contributed by atoms with Gasteiger partial charge in [0.2, 0.25) is 5.89 Å². The van der Waals surface area contributed by atoms with Gasteiger partial charge in [-0.15, -0.1) is 13.2 Å². The van der Waals surface area contributed by atoms with Gasteiger partial charge in [0.1, 0.15) is 17.0 Å². The third-order valence-electron chi connectivity index (χ3n) is 5.20. The molecule has 1 atom stereocenters. The number of alkyl halides is 6. The fourth-order valence-electron chi connectivity index (χ4n) is 3.58. The standard InChI is InChI=1S/C24H18F6N4O4/c1-11(31)20-19(21(35)32-14-5-3-4-6-15(14)38-24(28,29)30)34-22(37-20)13-7-9-16(36-2)18-12(13)8-10-17(33-18)23(25,26)27/h3-11H,31H2,1-2H3,(H,32,35)/t11-/m0/s1. The van der Waals surface area contributed by atoms with Crippen LogP contribution in [-0.4, -0.2) is 29.3 Å². The molecule has 0 spiro atoms. The van der Waals surface area contributed by atoms with Gasteiger partial charge in [0.25, 0.3) is 5.91 Å². The molecule has 0 saturated heterocycles. The lowest BCUT2D eigenvalue weighted by Gasteiger charge is -2.13. The highest BCUT2D eigenvalue weighted by Gasteiger charge is 2.34. The Bertz CT molecular complexity index is 1500. The third-order valence-corrected chi connectivity index (χ3v) is 5.20. The number of benzene rings is 2. The second kappa shape index (κ2) is 9.85. The SMILES string of the molecule is COc1ccc(-c2nc(C(=O)Nc3ccccc3OC(F)(F)F)c([C@H](C)N)o2)c2ccc(C(F)(F)F)nc12. The summed E-state index contributed by atoms with van der Waals surface area (Å²) in [6.07, 6.45) is -9.72. The van der Waals surface area contributed by atoms with Gasteiger partial charge in [-0.3, -0.25) is 4.79 Å². The van der Waals surface area contributed by atoms with Crippen LogP contribution in [0.25, 0.3) is 22.4 Å². The molecule has 0 aliphatic heterocycles. The molecule has 2 aromatic carbocycles. The Hall–Kier alpha value is -4.33. The van der Waals surface area contributed by atoms with Gasteiger partial charge in [-0.1, -0.05) is 12.1 Å². The lowest BCUT2D eigenvalue weighted by atomic mass is 10.1. The molecular formula is C24H18F6N4O4. The lowest BCUT2D eigenvalue weighted by molar-refractivity contribution is -0.274. The van der Waals surface area contributed by atoms with E-state index < -0.39 is 35.9 Å². The zero-order valence-corrected chi connectivity index (χ0v) is 19.6. The van der Waals surface area contributed by atoms with E-state index in [-0.39, 0.29) is 45.2 Å². The summed E-state index contributed by atoms with van der Waals surface area (Å²) in [7, 11) is 1.26. The van der Waals surface area contributed by atoms with Gasteiger partial charge < -0.3 is 24.9 Å². The first-order valence-electron chi connectivity index (χ1n) is 10.8. The molecule has 200 valence electrons. The van der Waals surface area contributed by atoms with E-state index in [1.807, 2.05) is 0 Å². The van der Waals surface area contributed by atoms with Gasteiger partial charge in [0.15, 0.2) is 17.2 Å². The predicted molar refractivity (Wildman–Crippen MR) is 122 cm³/mol. The molecule has 14 heteroatoms. The van der Waals surface area contributed by atoms with E-state index in [0.29, 0.717) is 0 Å². The van der Waals surface area contributed by atoms with Crippen LogP contribution in [0.2, 0.25) is 0 Å². The Morgan fingerprint density at radius 3 is 2.34 bits per heavy atom. The van der Waals surface area contributed by atoms with Gasteiger partial charge in [0.05, 0.1) is 18.8 Å². The van der Waals surface area contributed by atoms with Crippen molar-refractivity contribution in [3.8, 4) is 23.0 Å². The maximum Gasteiger partial charge on any atom is 0.573 e. The van der Waals surface area contributed by atoms with E-state index in [1.54, 1.807) is 0 Å². The lowest BCUT2D eigenvalue weighted by Crippen LogP contribution is -2.21. The maximum absolute atomic E-state index is 13.2. The molecule has 1 amide bonds. The minimum Gasteiger partial charge on any atom is -0.494 e. The van der Waals surface area contributed by atoms with Crippen LogP contribution in [0.5, 0.6) is 11.5 Å². The summed E-state index contributed by atoms with van der Waals surface area (Å²) in [5, 5.41) is 2.46. The van der Waals surface area contributed by atoms with Crippen LogP contribution < -0.4 is 20.5 Å². The Morgan fingerprint density at radius 1 is 1.00 bits per heavy atom. The number of ether oxygens (including phenoxy) is 2. The van der Waals surface area contributed by atoms with Crippen LogP contribution in [0.4, 0.5) is 32.0 Å². The number of amides is 1. The molecule has 0 saturated carbocycles. The number of rotatable bonds is 6. The summed E-state index contributed by atoms with van der Waals surface area (Å²) in [6.45, 7) is 1.48. The maximum atomic E-state index is 13.2. The molecule has 0 aliphatic carbocycles. The van der Waals surface area contributed by atoms with Gasteiger partial charge in [-0.05, 0) is 43.3 Å². The Labute approximate surface area is 210 Å². The number of nitrogens with zero attached hydrogens (tertiary/aromatic N) is 2. The number of pyridine rings is 1. The zero-order valence-electron chi connectivity index (χ0n) is 19.6. The van der Waals surface area contributed by atoms with E-state index in [1.165, 1.54) is 44.4 Å². The van der Waals surface area contributed by atoms with Gasteiger partial charge in [-0.2, -0.15) is 13.2 Å². The molecule has 0 fully saturated rings. The number of nitrogens with one attached hydrogen (secondary N) is 1. The second-order valence-corrected chi connectivity index (χ2v) is 7.92. The predicted octanol–water partition coefficient (Wildman–Crippen LogP) is 6.09. The number of anilines is 1. The first-order valence-corrected chi connectivity index (χ1v) is 10.8. The van der Waals surface area contributed by atoms with Crippen molar-refractivity contribution in [2.45, 2.75) is 25.5 Å². The van der Waals surface area contributed by atoms with Crippen LogP contribution in [0.3, 0.4) is 0 Å². The first kappa shape index (κ1) is 26.7. The molecule has 4 aromatic rings. The highest BCUT2D eigenvalue weighted by Crippen LogP contribution is 2.38. The monoisotopic (exact) mass is 540 g/mol. The Balaban J connectivity index is 1.78.